The molecule has 0 saturated carbocycles. The van der Waals surface area contributed by atoms with E-state index < -0.39 is 33.8 Å². The minimum absolute atomic E-state index is 0.0245. The van der Waals surface area contributed by atoms with Crippen molar-refractivity contribution in [3.8, 4) is 0 Å². The van der Waals surface area contributed by atoms with Gasteiger partial charge in [0.25, 0.3) is 27.7 Å². The Morgan fingerprint density at radius 3 is 2.08 bits per heavy atom. The zero-order valence-corrected chi connectivity index (χ0v) is 22.1. The first kappa shape index (κ1) is 28.0. The van der Waals surface area contributed by atoms with Crippen LogP contribution in [-0.4, -0.2) is 32.2 Å². The zero-order valence-electron chi connectivity index (χ0n) is 19.8. The van der Waals surface area contributed by atoms with Gasteiger partial charge in [-0.05, 0) is 48.4 Å². The molecule has 0 unspecified atom stereocenters. The molecule has 0 fully saturated rings. The van der Waals surface area contributed by atoms with Crippen LogP contribution in [0.15, 0.2) is 77.7 Å². The number of rotatable bonds is 8. The first-order chi connectivity index (χ1) is 17.5. The summed E-state index contributed by atoms with van der Waals surface area (Å²) >= 11 is 12.1. The molecule has 194 valence electrons. The highest BCUT2D eigenvalue weighted by atomic mass is 35.5. The standard InChI is InChI=1S/C25H24Cl2N4O5S/c1-15(2)22(28-24(33)18-10-3-4-11-19(18)26)25(34)30-29-23(32)16-8-7-9-17(14-16)37(35,36)31-21-13-6-5-12-20(21)27/h3-15,22,31H,1-2H3,(H,28,33)(H,29,32)(H,30,34)/t22-/m0/s1. The minimum Gasteiger partial charge on any atom is -0.340 e. The number of amides is 3. The second kappa shape index (κ2) is 12.1. The minimum atomic E-state index is -4.05. The van der Waals surface area contributed by atoms with Crippen LogP contribution >= 0.6 is 23.2 Å². The number of nitrogens with one attached hydrogen (secondary N) is 4. The van der Waals surface area contributed by atoms with Gasteiger partial charge in [0.1, 0.15) is 6.04 Å². The van der Waals surface area contributed by atoms with Crippen LogP contribution in [0, 0.1) is 5.92 Å². The molecule has 0 aromatic heterocycles. The summed E-state index contributed by atoms with van der Waals surface area (Å²) in [5, 5.41) is 3.05. The van der Waals surface area contributed by atoms with Crippen LogP contribution < -0.4 is 20.9 Å². The van der Waals surface area contributed by atoms with E-state index in [1.165, 1.54) is 36.4 Å². The van der Waals surface area contributed by atoms with E-state index in [1.807, 2.05) is 0 Å². The van der Waals surface area contributed by atoms with Gasteiger partial charge in [-0.1, -0.05) is 67.4 Å². The molecule has 12 heteroatoms. The van der Waals surface area contributed by atoms with Gasteiger partial charge in [-0.25, -0.2) is 8.42 Å². The molecule has 0 aliphatic carbocycles. The van der Waals surface area contributed by atoms with E-state index >= 15 is 0 Å². The first-order valence-electron chi connectivity index (χ1n) is 11.0. The molecule has 0 bridgehead atoms. The van der Waals surface area contributed by atoms with Crippen molar-refractivity contribution >= 4 is 56.6 Å². The van der Waals surface area contributed by atoms with Crippen molar-refractivity contribution in [1.29, 1.82) is 0 Å². The summed E-state index contributed by atoms with van der Waals surface area (Å²) in [6, 6.07) is 17.0. The second-order valence-corrected chi connectivity index (χ2v) is 10.7. The Kier molecular flexibility index (Phi) is 9.14. The molecule has 0 aliphatic rings. The SMILES string of the molecule is CC(C)[C@H](NC(=O)c1ccccc1Cl)C(=O)NNC(=O)c1cccc(S(=O)(=O)Nc2ccccc2Cl)c1. The number of para-hydroxylation sites is 1. The van der Waals surface area contributed by atoms with Gasteiger partial charge in [-0.3, -0.25) is 30.0 Å². The highest BCUT2D eigenvalue weighted by Gasteiger charge is 2.26. The van der Waals surface area contributed by atoms with Crippen LogP contribution in [0.25, 0.3) is 0 Å². The summed E-state index contributed by atoms with van der Waals surface area (Å²) < 4.78 is 27.9. The molecule has 0 heterocycles. The van der Waals surface area contributed by atoms with Crippen LogP contribution in [0.5, 0.6) is 0 Å². The number of anilines is 1. The van der Waals surface area contributed by atoms with Crippen molar-refractivity contribution in [3.63, 3.8) is 0 Å². The molecular weight excluding hydrogens is 539 g/mol. The zero-order chi connectivity index (χ0) is 27.2. The smallest absolute Gasteiger partial charge is 0.269 e. The number of hydrogen-bond donors (Lipinski definition) is 4. The number of hydrazine groups is 1. The maximum atomic E-state index is 12.8. The normalized spacial score (nSPS) is 11.9. The highest BCUT2D eigenvalue weighted by molar-refractivity contribution is 7.92. The van der Waals surface area contributed by atoms with Crippen molar-refractivity contribution in [2.75, 3.05) is 4.72 Å². The molecule has 37 heavy (non-hydrogen) atoms. The largest absolute Gasteiger partial charge is 0.340 e. The summed E-state index contributed by atoms with van der Waals surface area (Å²) in [7, 11) is -4.05. The maximum Gasteiger partial charge on any atom is 0.269 e. The number of carbonyl (C=O) groups excluding carboxylic acids is 3. The molecule has 0 spiro atoms. The Bertz CT molecular complexity index is 1430. The van der Waals surface area contributed by atoms with Gasteiger partial charge in [-0.2, -0.15) is 0 Å². The van der Waals surface area contributed by atoms with Crippen molar-refractivity contribution in [1.82, 2.24) is 16.2 Å². The van der Waals surface area contributed by atoms with Gasteiger partial charge in [0, 0.05) is 5.56 Å². The van der Waals surface area contributed by atoms with E-state index in [1.54, 1.807) is 44.2 Å². The van der Waals surface area contributed by atoms with E-state index in [-0.39, 0.29) is 37.7 Å². The predicted octanol–water partition coefficient (Wildman–Crippen LogP) is 4.01. The third kappa shape index (κ3) is 7.22. The van der Waals surface area contributed by atoms with Crippen LogP contribution in [0.3, 0.4) is 0 Å². The lowest BCUT2D eigenvalue weighted by molar-refractivity contribution is -0.124. The van der Waals surface area contributed by atoms with E-state index in [9.17, 15) is 22.8 Å². The molecular formula is C25H24Cl2N4O5S. The number of halogens is 2. The first-order valence-corrected chi connectivity index (χ1v) is 13.3. The Labute approximate surface area is 224 Å². The molecule has 9 nitrogen and oxygen atoms in total. The Morgan fingerprint density at radius 1 is 0.784 bits per heavy atom. The van der Waals surface area contributed by atoms with Crippen molar-refractivity contribution in [2.24, 2.45) is 5.92 Å². The lowest BCUT2D eigenvalue weighted by Crippen LogP contribution is -2.54. The van der Waals surface area contributed by atoms with E-state index in [2.05, 4.69) is 20.9 Å². The fourth-order valence-electron chi connectivity index (χ4n) is 3.22. The topological polar surface area (TPSA) is 133 Å². The quantitative estimate of drug-likeness (QED) is 0.308. The average molecular weight is 563 g/mol. The summed E-state index contributed by atoms with van der Waals surface area (Å²) in [6.07, 6.45) is 0. The molecule has 3 amide bonds. The van der Waals surface area contributed by atoms with Crippen molar-refractivity contribution in [2.45, 2.75) is 24.8 Å². The highest BCUT2D eigenvalue weighted by Crippen LogP contribution is 2.24. The molecule has 3 aromatic carbocycles. The number of carbonyl (C=O) groups is 3. The monoisotopic (exact) mass is 562 g/mol. The summed E-state index contributed by atoms with van der Waals surface area (Å²) in [6.45, 7) is 3.44. The molecule has 1 atom stereocenters. The van der Waals surface area contributed by atoms with Gasteiger partial charge < -0.3 is 5.32 Å². The Balaban J connectivity index is 1.67. The Hall–Kier alpha value is -3.60. The van der Waals surface area contributed by atoms with Gasteiger partial charge in [0.15, 0.2) is 0 Å². The summed E-state index contributed by atoms with van der Waals surface area (Å²) in [5.41, 5.74) is 4.88. The van der Waals surface area contributed by atoms with Gasteiger partial charge in [0.2, 0.25) is 0 Å². The summed E-state index contributed by atoms with van der Waals surface area (Å²) in [4.78, 5) is 37.8. The lowest BCUT2D eigenvalue weighted by Gasteiger charge is -2.22. The maximum absolute atomic E-state index is 12.8. The van der Waals surface area contributed by atoms with Gasteiger partial charge >= 0.3 is 0 Å². The van der Waals surface area contributed by atoms with Crippen molar-refractivity contribution < 1.29 is 22.8 Å². The van der Waals surface area contributed by atoms with Crippen LogP contribution in [0.1, 0.15) is 34.6 Å². The number of benzene rings is 3. The van der Waals surface area contributed by atoms with Crippen LogP contribution in [0.4, 0.5) is 5.69 Å². The third-order valence-electron chi connectivity index (χ3n) is 5.18. The molecule has 3 rings (SSSR count). The molecule has 0 aliphatic heterocycles. The van der Waals surface area contributed by atoms with Crippen molar-refractivity contribution in [3.05, 3.63) is 94.0 Å². The van der Waals surface area contributed by atoms with E-state index in [4.69, 9.17) is 23.2 Å². The number of hydrogen-bond acceptors (Lipinski definition) is 5. The molecule has 0 saturated heterocycles. The second-order valence-electron chi connectivity index (χ2n) is 8.23. The van der Waals surface area contributed by atoms with E-state index in [0.717, 1.165) is 6.07 Å². The number of sulfonamides is 1. The molecule has 3 aromatic rings. The van der Waals surface area contributed by atoms with Crippen LogP contribution in [-0.2, 0) is 14.8 Å². The molecule has 4 N–H and O–H groups in total. The average Bonchev–Trinajstić information content (AvgIpc) is 2.87. The lowest BCUT2D eigenvalue weighted by atomic mass is 10.0. The van der Waals surface area contributed by atoms with Crippen LogP contribution in [0.2, 0.25) is 10.0 Å². The molecule has 0 radical (unpaired) electrons. The summed E-state index contributed by atoms with van der Waals surface area (Å²) in [5.74, 6) is -2.31. The fraction of sp³-hybridized carbons (Fsp3) is 0.160. The van der Waals surface area contributed by atoms with Gasteiger partial charge in [0.05, 0.1) is 26.2 Å². The fourth-order valence-corrected chi connectivity index (χ4v) is 4.81. The Morgan fingerprint density at radius 2 is 1.43 bits per heavy atom. The predicted molar refractivity (Wildman–Crippen MR) is 142 cm³/mol. The van der Waals surface area contributed by atoms with E-state index in [0.29, 0.717) is 0 Å². The van der Waals surface area contributed by atoms with Gasteiger partial charge in [-0.15, -0.1) is 0 Å². The third-order valence-corrected chi connectivity index (χ3v) is 7.20.